The molecule has 0 bridgehead atoms. The maximum absolute atomic E-state index is 5.76. The third-order valence-electron chi connectivity index (χ3n) is 5.40. The van der Waals surface area contributed by atoms with Crippen molar-refractivity contribution in [3.8, 4) is 0 Å². The zero-order valence-electron chi connectivity index (χ0n) is 15.7. The van der Waals surface area contributed by atoms with E-state index in [0.717, 1.165) is 24.3 Å². The van der Waals surface area contributed by atoms with Crippen LogP contribution in [0.5, 0.6) is 0 Å². The summed E-state index contributed by atoms with van der Waals surface area (Å²) in [5.41, 5.74) is 9.05. The Labute approximate surface area is 159 Å². The summed E-state index contributed by atoms with van der Waals surface area (Å²) < 4.78 is 0. The van der Waals surface area contributed by atoms with Gasteiger partial charge in [0.25, 0.3) is 0 Å². The van der Waals surface area contributed by atoms with Crippen LogP contribution in [0, 0.1) is 0 Å². The Balaban J connectivity index is 1.52. The number of pyridine rings is 1. The minimum atomic E-state index is 0.466. The molecule has 0 radical (unpaired) electrons. The quantitative estimate of drug-likeness (QED) is 0.722. The maximum atomic E-state index is 5.76. The topological polar surface area (TPSA) is 80.0 Å². The van der Waals surface area contributed by atoms with Gasteiger partial charge in [-0.3, -0.25) is 4.90 Å². The molecular weight excluding hydrogens is 336 g/mol. The summed E-state index contributed by atoms with van der Waals surface area (Å²) in [4.78, 5) is 15.5. The first-order valence-corrected chi connectivity index (χ1v) is 9.62. The minimum absolute atomic E-state index is 0.466. The molecule has 140 valence electrons. The molecule has 1 saturated heterocycles. The predicted molar refractivity (Wildman–Crippen MR) is 109 cm³/mol. The molecule has 1 aliphatic heterocycles. The highest BCUT2D eigenvalue weighted by molar-refractivity contribution is 5.87. The maximum Gasteiger partial charge on any atom is 0.166 e. The summed E-state index contributed by atoms with van der Waals surface area (Å²) in [7, 11) is 0. The van der Waals surface area contributed by atoms with E-state index in [2.05, 4.69) is 56.4 Å². The molecular formula is C21H26N6. The van der Waals surface area contributed by atoms with Gasteiger partial charge < -0.3 is 11.1 Å². The fourth-order valence-corrected chi connectivity index (χ4v) is 3.77. The van der Waals surface area contributed by atoms with E-state index >= 15 is 0 Å². The molecule has 0 saturated carbocycles. The number of benzene rings is 1. The number of rotatable bonds is 5. The number of fused-ring (bicyclic) bond motifs is 1. The molecule has 0 spiro atoms. The minimum Gasteiger partial charge on any atom is -0.384 e. The molecule has 1 aliphatic rings. The van der Waals surface area contributed by atoms with E-state index in [1.54, 1.807) is 6.07 Å². The third kappa shape index (κ3) is 4.01. The Morgan fingerprint density at radius 2 is 1.96 bits per heavy atom. The molecule has 3 heterocycles. The molecule has 0 aliphatic carbocycles. The fourth-order valence-electron chi connectivity index (χ4n) is 3.77. The van der Waals surface area contributed by atoms with Gasteiger partial charge in [-0.25, -0.2) is 15.0 Å². The van der Waals surface area contributed by atoms with Crippen molar-refractivity contribution in [1.82, 2.24) is 19.9 Å². The first-order valence-electron chi connectivity index (χ1n) is 9.62. The third-order valence-corrected chi connectivity index (χ3v) is 5.40. The van der Waals surface area contributed by atoms with Crippen molar-refractivity contribution >= 4 is 22.7 Å². The van der Waals surface area contributed by atoms with Gasteiger partial charge in [-0.05, 0) is 49.6 Å². The van der Waals surface area contributed by atoms with Crippen molar-refractivity contribution in [3.05, 3.63) is 53.9 Å². The number of nitrogens with one attached hydrogen (secondary N) is 1. The van der Waals surface area contributed by atoms with Crippen LogP contribution < -0.4 is 11.1 Å². The van der Waals surface area contributed by atoms with Gasteiger partial charge >= 0.3 is 0 Å². The number of aromatic nitrogens is 3. The van der Waals surface area contributed by atoms with E-state index in [4.69, 9.17) is 5.73 Å². The number of anilines is 2. The molecule has 1 unspecified atom stereocenters. The number of hydrogen-bond acceptors (Lipinski definition) is 6. The van der Waals surface area contributed by atoms with Crippen molar-refractivity contribution in [3.63, 3.8) is 0 Å². The van der Waals surface area contributed by atoms with E-state index in [9.17, 15) is 0 Å². The standard InChI is InChI=1S/C21H26N6/c1-15-6-4-5-11-27(15)13-17-8-3-2-7-16(17)12-23-20-18-9-10-19(22)26-21(18)25-14-24-20/h2-3,7-10,14-15H,4-6,11-13H2,1H3,(H3,22,23,24,25,26). The van der Waals surface area contributed by atoms with E-state index in [1.165, 1.54) is 43.3 Å². The van der Waals surface area contributed by atoms with E-state index in [-0.39, 0.29) is 0 Å². The SMILES string of the molecule is CC1CCCCN1Cc1ccccc1CNc1ncnc2nc(N)ccc12. The molecule has 6 nitrogen and oxygen atoms in total. The van der Waals surface area contributed by atoms with Crippen LogP contribution >= 0.6 is 0 Å². The smallest absolute Gasteiger partial charge is 0.166 e. The van der Waals surface area contributed by atoms with Gasteiger partial charge in [0.1, 0.15) is 18.0 Å². The van der Waals surface area contributed by atoms with E-state index in [1.807, 2.05) is 6.07 Å². The molecule has 27 heavy (non-hydrogen) atoms. The Kier molecular flexibility index (Phi) is 5.16. The summed E-state index contributed by atoms with van der Waals surface area (Å²) in [6, 6.07) is 13.0. The van der Waals surface area contributed by atoms with Crippen molar-refractivity contribution in [2.75, 3.05) is 17.6 Å². The van der Waals surface area contributed by atoms with Crippen LogP contribution in [0.3, 0.4) is 0 Å². The average Bonchev–Trinajstić information content (AvgIpc) is 2.68. The zero-order chi connectivity index (χ0) is 18.6. The molecule has 2 aromatic heterocycles. The monoisotopic (exact) mass is 362 g/mol. The number of nitrogens with two attached hydrogens (primary N) is 1. The zero-order valence-corrected chi connectivity index (χ0v) is 15.7. The molecule has 4 rings (SSSR count). The van der Waals surface area contributed by atoms with Gasteiger partial charge in [0.2, 0.25) is 0 Å². The Bertz CT molecular complexity index is 925. The molecule has 3 aromatic rings. The molecule has 1 atom stereocenters. The second-order valence-electron chi connectivity index (χ2n) is 7.27. The summed E-state index contributed by atoms with van der Waals surface area (Å²) in [6.07, 6.45) is 5.47. The van der Waals surface area contributed by atoms with Gasteiger partial charge in [-0.15, -0.1) is 0 Å². The Morgan fingerprint density at radius 1 is 1.11 bits per heavy atom. The lowest BCUT2D eigenvalue weighted by Gasteiger charge is -2.33. The number of hydrogen-bond donors (Lipinski definition) is 2. The Hall–Kier alpha value is -2.73. The van der Waals surface area contributed by atoms with E-state index < -0.39 is 0 Å². The van der Waals surface area contributed by atoms with Crippen molar-refractivity contribution in [2.24, 2.45) is 0 Å². The second kappa shape index (κ2) is 7.88. The highest BCUT2D eigenvalue weighted by Crippen LogP contribution is 2.23. The Morgan fingerprint density at radius 3 is 2.81 bits per heavy atom. The highest BCUT2D eigenvalue weighted by Gasteiger charge is 2.19. The molecule has 6 heteroatoms. The normalized spacial score (nSPS) is 17.9. The largest absolute Gasteiger partial charge is 0.384 e. The lowest BCUT2D eigenvalue weighted by atomic mass is 10.0. The van der Waals surface area contributed by atoms with Gasteiger partial charge in [0, 0.05) is 19.1 Å². The number of nitrogens with zero attached hydrogens (tertiary/aromatic N) is 4. The molecule has 0 amide bonds. The van der Waals surface area contributed by atoms with Gasteiger partial charge in [-0.1, -0.05) is 30.7 Å². The lowest BCUT2D eigenvalue weighted by Crippen LogP contribution is -2.37. The van der Waals surface area contributed by atoms with Crippen molar-refractivity contribution < 1.29 is 0 Å². The van der Waals surface area contributed by atoms with Crippen LogP contribution in [0.1, 0.15) is 37.3 Å². The summed E-state index contributed by atoms with van der Waals surface area (Å²) >= 11 is 0. The second-order valence-corrected chi connectivity index (χ2v) is 7.27. The summed E-state index contributed by atoms with van der Waals surface area (Å²) in [5, 5.41) is 4.34. The van der Waals surface area contributed by atoms with Crippen molar-refractivity contribution in [2.45, 2.75) is 45.3 Å². The number of nitrogen functional groups attached to an aromatic ring is 1. The van der Waals surface area contributed by atoms with E-state index in [0.29, 0.717) is 17.5 Å². The first-order chi connectivity index (χ1) is 13.2. The van der Waals surface area contributed by atoms with Crippen LogP contribution in [-0.4, -0.2) is 32.4 Å². The molecule has 1 fully saturated rings. The van der Waals surface area contributed by atoms with Crippen LogP contribution in [-0.2, 0) is 13.1 Å². The summed E-state index contributed by atoms with van der Waals surface area (Å²) in [5.74, 6) is 1.25. The van der Waals surface area contributed by atoms with Crippen LogP contribution in [0.2, 0.25) is 0 Å². The fraction of sp³-hybridized carbons (Fsp3) is 0.381. The van der Waals surface area contributed by atoms with Crippen LogP contribution in [0.15, 0.2) is 42.7 Å². The predicted octanol–water partition coefficient (Wildman–Crippen LogP) is 3.59. The van der Waals surface area contributed by atoms with Gasteiger partial charge in [0.05, 0.1) is 5.39 Å². The first kappa shape index (κ1) is 17.7. The molecule has 3 N–H and O–H groups in total. The van der Waals surface area contributed by atoms with Crippen molar-refractivity contribution in [1.29, 1.82) is 0 Å². The average molecular weight is 362 g/mol. The summed E-state index contributed by atoms with van der Waals surface area (Å²) in [6.45, 7) is 5.24. The van der Waals surface area contributed by atoms with Gasteiger partial charge in [-0.2, -0.15) is 0 Å². The van der Waals surface area contributed by atoms with Crippen LogP contribution in [0.4, 0.5) is 11.6 Å². The van der Waals surface area contributed by atoms with Crippen LogP contribution in [0.25, 0.3) is 11.0 Å². The molecule has 1 aromatic carbocycles. The number of likely N-dealkylation sites (tertiary alicyclic amines) is 1. The van der Waals surface area contributed by atoms with Gasteiger partial charge in [0.15, 0.2) is 5.65 Å². The lowest BCUT2D eigenvalue weighted by molar-refractivity contribution is 0.152. The number of piperidine rings is 1. The highest BCUT2D eigenvalue weighted by atomic mass is 15.2.